The second-order valence-corrected chi connectivity index (χ2v) is 14.9. The predicted molar refractivity (Wildman–Crippen MR) is 146 cm³/mol. The van der Waals surface area contributed by atoms with Gasteiger partial charge in [-0.15, -0.1) is 11.3 Å². The summed E-state index contributed by atoms with van der Waals surface area (Å²) in [7, 11) is -2.98. The van der Waals surface area contributed by atoms with Gasteiger partial charge in [0.25, 0.3) is 0 Å². The first-order chi connectivity index (χ1) is 18.7. The van der Waals surface area contributed by atoms with Gasteiger partial charge in [0.1, 0.15) is 17.9 Å². The maximum absolute atomic E-state index is 14.6. The molecular formula is C28H32F2N4O3S2. The third-order valence-corrected chi connectivity index (χ3v) is 11.6. The summed E-state index contributed by atoms with van der Waals surface area (Å²) in [4.78, 5) is 21.3. The van der Waals surface area contributed by atoms with E-state index in [9.17, 15) is 27.3 Å². The highest BCUT2D eigenvalue weighted by atomic mass is 32.2. The van der Waals surface area contributed by atoms with Crippen LogP contribution in [0.1, 0.15) is 67.5 Å². The number of thiazole rings is 1. The van der Waals surface area contributed by atoms with Gasteiger partial charge in [-0.3, -0.25) is 4.79 Å². The molecule has 3 saturated carbocycles. The predicted octanol–water partition coefficient (Wildman–Crippen LogP) is 4.65. The van der Waals surface area contributed by atoms with Crippen LogP contribution in [0, 0.1) is 17.2 Å². The highest BCUT2D eigenvalue weighted by Crippen LogP contribution is 2.49. The van der Waals surface area contributed by atoms with Crippen molar-refractivity contribution >= 4 is 32.8 Å². The Kier molecular flexibility index (Phi) is 6.91. The molecular weight excluding hydrogens is 542 g/mol. The normalized spacial score (nSPS) is 31.1. The molecule has 0 bridgehead atoms. The molecule has 1 aromatic heterocycles. The number of anilines is 1. The van der Waals surface area contributed by atoms with Gasteiger partial charge in [0.15, 0.2) is 9.84 Å². The first kappa shape index (κ1) is 26.6. The van der Waals surface area contributed by atoms with E-state index in [-0.39, 0.29) is 35.7 Å². The van der Waals surface area contributed by atoms with E-state index < -0.39 is 33.6 Å². The minimum atomic E-state index is -2.98. The summed E-state index contributed by atoms with van der Waals surface area (Å²) in [5.74, 6) is -0.878. The van der Waals surface area contributed by atoms with Crippen molar-refractivity contribution in [3.63, 3.8) is 0 Å². The van der Waals surface area contributed by atoms with Crippen LogP contribution in [0.15, 0.2) is 24.3 Å². The first-order valence-corrected chi connectivity index (χ1v) is 16.4. The van der Waals surface area contributed by atoms with Crippen molar-refractivity contribution in [1.82, 2.24) is 10.3 Å². The molecule has 2 aromatic rings. The largest absolute Gasteiger partial charge is 0.369 e. The number of aromatic nitrogens is 1. The van der Waals surface area contributed by atoms with Crippen molar-refractivity contribution in [3.05, 3.63) is 35.0 Å². The van der Waals surface area contributed by atoms with Crippen molar-refractivity contribution in [2.75, 3.05) is 29.5 Å². The van der Waals surface area contributed by atoms with Crippen LogP contribution in [0.4, 0.5) is 14.5 Å². The number of sulfone groups is 1. The molecule has 0 spiro atoms. The number of carbonyl (C=O) groups excluding carboxylic acids is 1. The summed E-state index contributed by atoms with van der Waals surface area (Å²) in [6.07, 6.45) is 1.12. The second kappa shape index (κ2) is 10.1. The van der Waals surface area contributed by atoms with Gasteiger partial charge in [-0.2, -0.15) is 5.26 Å². The maximum Gasteiger partial charge on any atom is 0.225 e. The van der Waals surface area contributed by atoms with Crippen LogP contribution in [0.25, 0.3) is 10.4 Å². The number of alkyl halides is 2. The minimum Gasteiger partial charge on any atom is -0.369 e. The molecule has 0 radical (unpaired) electrons. The Balaban J connectivity index is 1.31. The summed E-state index contributed by atoms with van der Waals surface area (Å²) in [6, 6.07) is 10.1. The third-order valence-electron chi connectivity index (χ3n) is 8.74. The zero-order valence-electron chi connectivity index (χ0n) is 21.6. The van der Waals surface area contributed by atoms with E-state index in [0.717, 1.165) is 26.8 Å². The topological polar surface area (TPSA) is 103 Å². The molecule has 7 nitrogen and oxygen atoms in total. The Hall–Kier alpha value is -2.58. The maximum atomic E-state index is 14.6. The molecule has 208 valence electrons. The van der Waals surface area contributed by atoms with Gasteiger partial charge in [0, 0.05) is 36.5 Å². The van der Waals surface area contributed by atoms with E-state index in [4.69, 9.17) is 4.98 Å². The average molecular weight is 575 g/mol. The Labute approximate surface area is 231 Å². The third kappa shape index (κ3) is 5.42. The van der Waals surface area contributed by atoms with E-state index in [1.807, 2.05) is 24.3 Å². The number of benzene rings is 1. The molecule has 3 atom stereocenters. The highest BCUT2D eigenvalue weighted by molar-refractivity contribution is 7.91. The van der Waals surface area contributed by atoms with Crippen LogP contribution < -0.4 is 10.2 Å². The summed E-state index contributed by atoms with van der Waals surface area (Å²) < 4.78 is 52.0. The number of halogens is 2. The second-order valence-electron chi connectivity index (χ2n) is 11.5. The van der Waals surface area contributed by atoms with Crippen LogP contribution >= 0.6 is 11.3 Å². The lowest BCUT2D eigenvalue weighted by Crippen LogP contribution is -2.44. The van der Waals surface area contributed by atoms with Crippen molar-refractivity contribution in [3.8, 4) is 16.5 Å². The van der Waals surface area contributed by atoms with Crippen molar-refractivity contribution in [2.24, 2.45) is 5.92 Å². The lowest BCUT2D eigenvalue weighted by Gasteiger charge is -2.33. The van der Waals surface area contributed by atoms with Crippen molar-refractivity contribution in [1.29, 1.82) is 5.26 Å². The van der Waals surface area contributed by atoms with Gasteiger partial charge in [0.2, 0.25) is 5.91 Å². The van der Waals surface area contributed by atoms with E-state index in [2.05, 4.69) is 16.3 Å². The molecule has 1 amide bonds. The molecule has 4 aliphatic rings. The lowest BCUT2D eigenvalue weighted by atomic mass is 9.75. The Morgan fingerprint density at radius 1 is 1.08 bits per heavy atom. The summed E-state index contributed by atoms with van der Waals surface area (Å²) in [6.45, 7) is 0.911. The van der Waals surface area contributed by atoms with Gasteiger partial charge in [-0.25, -0.2) is 22.2 Å². The number of carbonyl (C=O) groups is 1. The minimum absolute atomic E-state index is 0.0465. The number of nitrogens with zero attached hydrogens (tertiary/aromatic N) is 3. The number of hydrogen-bond acceptors (Lipinski definition) is 7. The highest BCUT2D eigenvalue weighted by Gasteiger charge is 2.48. The Morgan fingerprint density at radius 2 is 1.77 bits per heavy atom. The fraction of sp³-hybridized carbons (Fsp3) is 0.607. The molecule has 1 aliphatic heterocycles. The molecule has 3 aliphatic carbocycles. The van der Waals surface area contributed by atoms with Crippen molar-refractivity contribution in [2.45, 2.75) is 74.7 Å². The van der Waals surface area contributed by atoms with Crippen LogP contribution in [0.3, 0.4) is 0 Å². The lowest BCUT2D eigenvalue weighted by molar-refractivity contribution is -0.128. The molecule has 3 unspecified atom stereocenters. The zero-order valence-corrected chi connectivity index (χ0v) is 23.2. The number of hydrogen-bond donors (Lipinski definition) is 1. The van der Waals surface area contributed by atoms with Gasteiger partial charge < -0.3 is 10.2 Å². The van der Waals surface area contributed by atoms with Crippen LogP contribution in [-0.2, 0) is 14.6 Å². The van der Waals surface area contributed by atoms with E-state index in [1.165, 1.54) is 11.3 Å². The molecule has 1 N–H and O–H groups in total. The SMILES string of the molecule is N#CC1(NC(=O)C2CC(F)CCC2c2nc(C3CC(F)C3)sc2-c2ccc(N3CCS(=O)(=O)CC3)cc2)CC1. The monoisotopic (exact) mass is 574 g/mol. The van der Waals surface area contributed by atoms with Crippen LogP contribution in [0.5, 0.6) is 0 Å². The quantitative estimate of drug-likeness (QED) is 0.539. The van der Waals surface area contributed by atoms with E-state index in [0.29, 0.717) is 51.6 Å². The molecule has 11 heteroatoms. The molecule has 1 saturated heterocycles. The van der Waals surface area contributed by atoms with Gasteiger partial charge >= 0.3 is 0 Å². The smallest absolute Gasteiger partial charge is 0.225 e. The number of nitrogens with one attached hydrogen (secondary N) is 1. The number of nitriles is 1. The van der Waals surface area contributed by atoms with Crippen LogP contribution in [0.2, 0.25) is 0 Å². The molecule has 4 fully saturated rings. The molecule has 6 rings (SSSR count). The first-order valence-electron chi connectivity index (χ1n) is 13.7. The zero-order chi connectivity index (χ0) is 27.4. The van der Waals surface area contributed by atoms with Gasteiger partial charge in [-0.05, 0) is 62.6 Å². The van der Waals surface area contributed by atoms with Crippen molar-refractivity contribution < 1.29 is 22.0 Å². The van der Waals surface area contributed by atoms with Gasteiger partial charge in [-0.1, -0.05) is 12.1 Å². The Bertz CT molecular complexity index is 1380. The summed E-state index contributed by atoms with van der Waals surface area (Å²) in [5, 5.41) is 13.2. The fourth-order valence-corrected chi connectivity index (χ4v) is 8.45. The molecule has 1 aromatic carbocycles. The summed E-state index contributed by atoms with van der Waals surface area (Å²) in [5.41, 5.74) is 1.81. The van der Waals surface area contributed by atoms with Gasteiger partial charge in [0.05, 0.1) is 33.2 Å². The van der Waals surface area contributed by atoms with Crippen LogP contribution in [-0.4, -0.2) is 61.8 Å². The summed E-state index contributed by atoms with van der Waals surface area (Å²) >= 11 is 1.53. The number of rotatable bonds is 6. The molecule has 2 heterocycles. The van der Waals surface area contributed by atoms with E-state index in [1.54, 1.807) is 0 Å². The number of amides is 1. The molecule has 39 heavy (non-hydrogen) atoms. The average Bonchev–Trinajstić information content (AvgIpc) is 3.54. The van der Waals surface area contributed by atoms with E-state index >= 15 is 0 Å². The fourth-order valence-electron chi connectivity index (χ4n) is 5.98. The standard InChI is InChI=1S/C28H32F2N4O3S2/c29-19-3-6-22(23(15-19)26(35)33-28(16-31)7-8-28)24-25(38-27(32-24)18-13-20(30)14-18)17-1-4-21(5-2-17)34-9-11-39(36,37)12-10-34/h1-2,4-5,18-20,22-23H,3,6-15H2,(H,33,35). The Morgan fingerprint density at radius 3 is 2.38 bits per heavy atom.